The zero-order valence-electron chi connectivity index (χ0n) is 11.8. The number of sulfonamides is 1. The molecular formula is C15H12N2O4S2. The monoisotopic (exact) mass is 348 g/mol. The van der Waals surface area contributed by atoms with Crippen LogP contribution in [0.1, 0.15) is 5.56 Å². The molecule has 1 aromatic heterocycles. The molecule has 0 unspecified atom stereocenters. The van der Waals surface area contributed by atoms with Crippen molar-refractivity contribution in [1.29, 1.82) is 0 Å². The first-order chi connectivity index (χ1) is 11.0. The zero-order valence-corrected chi connectivity index (χ0v) is 13.4. The lowest BCUT2D eigenvalue weighted by atomic mass is 10.2. The van der Waals surface area contributed by atoms with Crippen molar-refractivity contribution >= 4 is 37.1 Å². The average Bonchev–Trinajstić information content (AvgIpc) is 2.96. The summed E-state index contributed by atoms with van der Waals surface area (Å²) in [6.07, 6.45) is 0. The van der Waals surface area contributed by atoms with Crippen LogP contribution in [0.4, 0.5) is 5.69 Å². The summed E-state index contributed by atoms with van der Waals surface area (Å²) >= 11 is 1.56. The molecule has 0 bridgehead atoms. The van der Waals surface area contributed by atoms with Gasteiger partial charge in [0, 0.05) is 23.4 Å². The second-order valence-corrected chi connectivity index (χ2v) is 7.51. The number of hydrogen-bond donors (Lipinski definition) is 1. The summed E-state index contributed by atoms with van der Waals surface area (Å²) in [6, 6.07) is 12.6. The van der Waals surface area contributed by atoms with E-state index in [-0.39, 0.29) is 17.1 Å². The highest BCUT2D eigenvalue weighted by atomic mass is 32.2. The van der Waals surface area contributed by atoms with E-state index in [9.17, 15) is 18.5 Å². The van der Waals surface area contributed by atoms with E-state index in [1.807, 2.05) is 29.6 Å². The predicted molar refractivity (Wildman–Crippen MR) is 88.9 cm³/mol. The fraction of sp³-hybridized carbons (Fsp3) is 0.0667. The van der Waals surface area contributed by atoms with Gasteiger partial charge >= 0.3 is 0 Å². The first-order valence-electron chi connectivity index (χ1n) is 6.66. The highest BCUT2D eigenvalue weighted by molar-refractivity contribution is 7.89. The Balaban J connectivity index is 1.80. The normalized spacial score (nSPS) is 11.7. The highest BCUT2D eigenvalue weighted by Crippen LogP contribution is 2.26. The summed E-state index contributed by atoms with van der Waals surface area (Å²) in [4.78, 5) is 10.0. The molecule has 0 atom stereocenters. The predicted octanol–water partition coefficient (Wildman–Crippen LogP) is 3.29. The molecule has 3 rings (SSSR count). The Morgan fingerprint density at radius 3 is 2.48 bits per heavy atom. The molecule has 0 aliphatic carbocycles. The molecule has 0 saturated carbocycles. The number of thiophene rings is 1. The van der Waals surface area contributed by atoms with Crippen molar-refractivity contribution in [3.05, 3.63) is 69.6 Å². The molecule has 23 heavy (non-hydrogen) atoms. The molecule has 0 spiro atoms. The molecule has 0 radical (unpaired) electrons. The first kappa shape index (κ1) is 15.6. The van der Waals surface area contributed by atoms with Crippen molar-refractivity contribution in [3.63, 3.8) is 0 Å². The van der Waals surface area contributed by atoms with Gasteiger partial charge in [-0.05, 0) is 34.5 Å². The van der Waals surface area contributed by atoms with Gasteiger partial charge in [-0.15, -0.1) is 11.3 Å². The van der Waals surface area contributed by atoms with Crippen LogP contribution in [-0.2, 0) is 16.6 Å². The van der Waals surface area contributed by atoms with E-state index in [1.165, 1.54) is 24.3 Å². The molecular weight excluding hydrogens is 336 g/mol. The number of non-ortho nitro benzene ring substituents is 1. The van der Waals surface area contributed by atoms with Crippen molar-refractivity contribution in [2.24, 2.45) is 0 Å². The Kier molecular flexibility index (Phi) is 4.12. The molecule has 0 aliphatic rings. The van der Waals surface area contributed by atoms with Crippen LogP contribution in [-0.4, -0.2) is 13.3 Å². The van der Waals surface area contributed by atoms with Crippen LogP contribution in [0.15, 0.2) is 58.8 Å². The number of nitrogens with zero attached hydrogens (tertiary/aromatic N) is 1. The fourth-order valence-electron chi connectivity index (χ4n) is 2.17. The lowest BCUT2D eigenvalue weighted by Gasteiger charge is -2.06. The minimum atomic E-state index is -3.72. The molecule has 0 fully saturated rings. The summed E-state index contributed by atoms with van der Waals surface area (Å²) in [5.41, 5.74) is 0.754. The summed E-state index contributed by atoms with van der Waals surface area (Å²) < 4.78 is 28.2. The molecule has 118 valence electrons. The van der Waals surface area contributed by atoms with Crippen LogP contribution in [0.5, 0.6) is 0 Å². The van der Waals surface area contributed by atoms with E-state index in [4.69, 9.17) is 0 Å². The smallest absolute Gasteiger partial charge is 0.258 e. The Morgan fingerprint density at radius 2 is 1.78 bits per heavy atom. The van der Waals surface area contributed by atoms with Crippen LogP contribution in [0.2, 0.25) is 0 Å². The Bertz CT molecular complexity index is 963. The van der Waals surface area contributed by atoms with Crippen LogP contribution in [0.25, 0.3) is 10.1 Å². The van der Waals surface area contributed by atoms with Crippen LogP contribution in [0.3, 0.4) is 0 Å². The highest BCUT2D eigenvalue weighted by Gasteiger charge is 2.16. The fourth-order valence-corrected chi connectivity index (χ4v) is 4.14. The molecule has 0 aliphatic heterocycles. The summed E-state index contributed by atoms with van der Waals surface area (Å²) in [6.45, 7) is 0.170. The minimum Gasteiger partial charge on any atom is -0.258 e. The number of benzene rings is 2. The second-order valence-electron chi connectivity index (χ2n) is 4.83. The average molecular weight is 348 g/mol. The molecule has 1 N–H and O–H groups in total. The molecule has 0 saturated heterocycles. The van der Waals surface area contributed by atoms with Crippen molar-refractivity contribution in [2.45, 2.75) is 11.4 Å². The van der Waals surface area contributed by atoms with Gasteiger partial charge in [0.1, 0.15) is 0 Å². The summed E-state index contributed by atoms with van der Waals surface area (Å²) in [5.74, 6) is 0. The zero-order chi connectivity index (χ0) is 16.4. The standard InChI is InChI=1S/C15H12N2O4S2/c18-17(19)12-5-7-13(8-6-12)23(20,21)16-9-11-10-22-15-4-2-1-3-14(11)15/h1-8,10,16H,9H2. The third kappa shape index (κ3) is 3.24. The van der Waals surface area contributed by atoms with Crippen LogP contribution in [0, 0.1) is 10.1 Å². The number of nitrogens with one attached hydrogen (secondary N) is 1. The number of nitro groups is 1. The number of fused-ring (bicyclic) bond motifs is 1. The van der Waals surface area contributed by atoms with E-state index in [0.717, 1.165) is 15.6 Å². The largest absolute Gasteiger partial charge is 0.269 e. The minimum absolute atomic E-state index is 0.00244. The van der Waals surface area contributed by atoms with E-state index < -0.39 is 14.9 Å². The maximum Gasteiger partial charge on any atom is 0.269 e. The molecule has 6 nitrogen and oxygen atoms in total. The van der Waals surface area contributed by atoms with Gasteiger partial charge in [0.15, 0.2) is 0 Å². The third-order valence-corrected chi connectivity index (χ3v) is 5.80. The van der Waals surface area contributed by atoms with Gasteiger partial charge in [0.05, 0.1) is 9.82 Å². The Hall–Kier alpha value is -2.29. The van der Waals surface area contributed by atoms with Crippen molar-refractivity contribution in [3.8, 4) is 0 Å². The maximum absolute atomic E-state index is 12.3. The number of hydrogen-bond acceptors (Lipinski definition) is 5. The molecule has 2 aromatic carbocycles. The molecule has 1 heterocycles. The van der Waals surface area contributed by atoms with E-state index in [2.05, 4.69) is 4.72 Å². The molecule has 3 aromatic rings. The lowest BCUT2D eigenvalue weighted by Crippen LogP contribution is -2.23. The lowest BCUT2D eigenvalue weighted by molar-refractivity contribution is -0.384. The topological polar surface area (TPSA) is 89.3 Å². The number of rotatable bonds is 5. The second kappa shape index (κ2) is 6.07. The van der Waals surface area contributed by atoms with Crippen molar-refractivity contribution < 1.29 is 13.3 Å². The van der Waals surface area contributed by atoms with Gasteiger partial charge in [-0.3, -0.25) is 10.1 Å². The van der Waals surface area contributed by atoms with Gasteiger partial charge in [0.25, 0.3) is 5.69 Å². The molecule has 0 amide bonds. The van der Waals surface area contributed by atoms with Gasteiger partial charge in [-0.2, -0.15) is 0 Å². The van der Waals surface area contributed by atoms with Crippen molar-refractivity contribution in [2.75, 3.05) is 0 Å². The molecule has 8 heteroatoms. The summed E-state index contributed by atoms with van der Waals surface area (Å²) in [7, 11) is -3.72. The van der Waals surface area contributed by atoms with E-state index in [1.54, 1.807) is 11.3 Å². The summed E-state index contributed by atoms with van der Waals surface area (Å²) in [5, 5.41) is 13.5. The van der Waals surface area contributed by atoms with E-state index in [0.29, 0.717) is 0 Å². The van der Waals surface area contributed by atoms with Crippen molar-refractivity contribution in [1.82, 2.24) is 4.72 Å². The van der Waals surface area contributed by atoms with Crippen LogP contribution < -0.4 is 4.72 Å². The Morgan fingerprint density at radius 1 is 1.09 bits per heavy atom. The van der Waals surface area contributed by atoms with Gasteiger partial charge in [-0.25, -0.2) is 13.1 Å². The maximum atomic E-state index is 12.3. The van der Waals surface area contributed by atoms with E-state index >= 15 is 0 Å². The van der Waals surface area contributed by atoms with Gasteiger partial charge in [-0.1, -0.05) is 18.2 Å². The third-order valence-electron chi connectivity index (χ3n) is 3.37. The number of nitro benzene ring substituents is 1. The van der Waals surface area contributed by atoms with Gasteiger partial charge in [0.2, 0.25) is 10.0 Å². The first-order valence-corrected chi connectivity index (χ1v) is 9.03. The van der Waals surface area contributed by atoms with Gasteiger partial charge < -0.3 is 0 Å². The van der Waals surface area contributed by atoms with Crippen LogP contribution >= 0.6 is 11.3 Å². The quantitative estimate of drug-likeness (QED) is 0.566. The Labute approximate surface area is 136 Å². The SMILES string of the molecule is O=[N+]([O-])c1ccc(S(=O)(=O)NCc2csc3ccccc23)cc1.